The lowest BCUT2D eigenvalue weighted by atomic mass is 9.49. The summed E-state index contributed by atoms with van der Waals surface area (Å²) in [5.74, 6) is -6.93. The first-order chi connectivity index (χ1) is 15.6. The van der Waals surface area contributed by atoms with Crippen molar-refractivity contribution in [2.75, 3.05) is 0 Å². The highest BCUT2D eigenvalue weighted by Crippen LogP contribution is 2.86. The van der Waals surface area contributed by atoms with Crippen LogP contribution in [0.25, 0.3) is 0 Å². The summed E-state index contributed by atoms with van der Waals surface area (Å²) < 4.78 is 96.8. The second kappa shape index (κ2) is 5.29. The average Bonchev–Trinajstić information content (AvgIpc) is 3.57. The molecule has 0 spiro atoms. The monoisotopic (exact) mass is 462 g/mol. The van der Waals surface area contributed by atoms with Gasteiger partial charge < -0.3 is 4.74 Å². The summed E-state index contributed by atoms with van der Waals surface area (Å²) in [7, 11) is 0. The number of rotatable bonds is 0. The molecule has 33 heavy (non-hydrogen) atoms. The van der Waals surface area contributed by atoms with Crippen LogP contribution in [0.4, 0.5) is 26.3 Å². The Bertz CT molecular complexity index is 1050. The first-order valence-corrected chi connectivity index (χ1v) is 11.6. The molecular weight excluding hydrogens is 442 g/mol. The molecule has 4 fully saturated rings. The number of halogens is 6. The molecule has 8 rings (SSSR count). The Morgan fingerprint density at radius 3 is 1.06 bits per heavy atom. The zero-order chi connectivity index (χ0) is 22.7. The third kappa shape index (κ3) is 1.74. The van der Waals surface area contributed by atoms with Gasteiger partial charge in [-0.05, 0) is 58.8 Å². The molecule has 6 unspecified atom stereocenters. The number of hydrogen-bond acceptors (Lipinski definition) is 1. The summed E-state index contributed by atoms with van der Waals surface area (Å²) >= 11 is 0. The van der Waals surface area contributed by atoms with E-state index in [1.807, 2.05) is 0 Å². The van der Waals surface area contributed by atoms with E-state index in [1.165, 1.54) is 0 Å². The van der Waals surface area contributed by atoms with Crippen LogP contribution in [0.15, 0.2) is 48.5 Å². The minimum atomic E-state index is -4.87. The topological polar surface area (TPSA) is 9.23 Å². The van der Waals surface area contributed by atoms with Crippen molar-refractivity contribution in [3.8, 4) is 0 Å². The summed E-state index contributed by atoms with van der Waals surface area (Å²) in [6.45, 7) is 0. The molecule has 172 valence electrons. The molecule has 2 heterocycles. The van der Waals surface area contributed by atoms with Crippen LogP contribution in [0.1, 0.15) is 58.8 Å². The van der Waals surface area contributed by atoms with Crippen LogP contribution in [-0.2, 0) is 4.74 Å². The molecule has 1 nitrogen and oxygen atoms in total. The van der Waals surface area contributed by atoms with Crippen molar-refractivity contribution in [2.24, 2.45) is 23.7 Å². The quantitative estimate of drug-likeness (QED) is 0.398. The highest BCUT2D eigenvalue weighted by molar-refractivity contribution is 5.53. The molecule has 7 heteroatoms. The van der Waals surface area contributed by atoms with E-state index < -0.39 is 70.9 Å². The first kappa shape index (κ1) is 19.3. The van der Waals surface area contributed by atoms with Gasteiger partial charge in [0, 0.05) is 23.7 Å². The fraction of sp³-hybridized carbons (Fsp3) is 0.538. The molecule has 6 bridgehead atoms. The molecule has 4 aliphatic carbocycles. The van der Waals surface area contributed by atoms with Crippen molar-refractivity contribution in [3.05, 3.63) is 70.8 Å². The van der Waals surface area contributed by atoms with Gasteiger partial charge in [0.05, 0.1) is 0 Å². The summed E-state index contributed by atoms with van der Waals surface area (Å²) in [4.78, 5) is 0. The molecule has 0 aromatic heterocycles. The van der Waals surface area contributed by atoms with Gasteiger partial charge in [-0.3, -0.25) is 0 Å². The smallest absolute Gasteiger partial charge is 0.348 e. The maximum absolute atomic E-state index is 15.2. The van der Waals surface area contributed by atoms with Crippen molar-refractivity contribution >= 4 is 0 Å². The molecule has 2 saturated carbocycles. The highest BCUT2D eigenvalue weighted by atomic mass is 19.4. The lowest BCUT2D eigenvalue weighted by molar-refractivity contribution is -0.327. The van der Waals surface area contributed by atoms with E-state index in [9.17, 15) is 0 Å². The van der Waals surface area contributed by atoms with E-state index in [2.05, 4.69) is 0 Å². The van der Waals surface area contributed by atoms with Crippen LogP contribution >= 0.6 is 0 Å². The average molecular weight is 462 g/mol. The number of fused-ring (bicyclic) bond motifs is 22. The van der Waals surface area contributed by atoms with Gasteiger partial charge in [0.2, 0.25) is 0 Å². The Morgan fingerprint density at radius 2 is 0.818 bits per heavy atom. The maximum atomic E-state index is 15.2. The maximum Gasteiger partial charge on any atom is 0.418 e. The predicted molar refractivity (Wildman–Crippen MR) is 106 cm³/mol. The minimum Gasteiger partial charge on any atom is -0.348 e. The third-order valence-corrected chi connectivity index (χ3v) is 10.3. The summed E-state index contributed by atoms with van der Waals surface area (Å²) in [6, 6.07) is 14.3. The summed E-state index contributed by atoms with van der Waals surface area (Å²) in [5.41, 5.74) is -2.33. The van der Waals surface area contributed by atoms with Crippen LogP contribution in [0, 0.1) is 23.7 Å². The largest absolute Gasteiger partial charge is 0.418 e. The zero-order valence-corrected chi connectivity index (χ0v) is 17.3. The fourth-order valence-electron chi connectivity index (χ4n) is 9.92. The van der Waals surface area contributed by atoms with Crippen LogP contribution in [0.2, 0.25) is 0 Å². The number of ether oxygens (including phenoxy) is 1. The Balaban J connectivity index is 1.44. The van der Waals surface area contributed by atoms with Crippen molar-refractivity contribution in [2.45, 2.75) is 60.1 Å². The van der Waals surface area contributed by atoms with Gasteiger partial charge >= 0.3 is 12.4 Å². The van der Waals surface area contributed by atoms with Gasteiger partial charge in [0.25, 0.3) is 0 Å². The van der Waals surface area contributed by atoms with Gasteiger partial charge in [-0.25, -0.2) is 0 Å². The Hall–Kier alpha value is -2.02. The molecule has 6 aliphatic rings. The van der Waals surface area contributed by atoms with Gasteiger partial charge in [-0.2, -0.15) is 26.3 Å². The molecule has 0 radical (unpaired) electrons. The Kier molecular flexibility index (Phi) is 3.10. The molecular formula is C26H20F6O. The lowest BCUT2D eigenvalue weighted by Crippen LogP contribution is -2.62. The number of alkyl halides is 6. The summed E-state index contributed by atoms with van der Waals surface area (Å²) in [6.07, 6.45) is -9.03. The van der Waals surface area contributed by atoms with Crippen molar-refractivity contribution in [1.29, 1.82) is 0 Å². The van der Waals surface area contributed by atoms with E-state index in [0.717, 1.165) is 22.3 Å². The van der Waals surface area contributed by atoms with Crippen molar-refractivity contribution in [1.82, 2.24) is 0 Å². The number of hydrogen-bond donors (Lipinski definition) is 0. The van der Waals surface area contributed by atoms with E-state index in [4.69, 9.17) is 4.74 Å². The van der Waals surface area contributed by atoms with Crippen LogP contribution in [0.3, 0.4) is 0 Å². The van der Waals surface area contributed by atoms with Crippen LogP contribution in [0.5, 0.6) is 0 Å². The third-order valence-electron chi connectivity index (χ3n) is 10.3. The Labute approximate surface area is 186 Å². The van der Waals surface area contributed by atoms with Crippen molar-refractivity contribution < 1.29 is 31.1 Å². The van der Waals surface area contributed by atoms with E-state index in [0.29, 0.717) is 12.8 Å². The first-order valence-electron chi connectivity index (χ1n) is 11.6. The van der Waals surface area contributed by atoms with Crippen molar-refractivity contribution in [3.63, 3.8) is 0 Å². The van der Waals surface area contributed by atoms with Gasteiger partial charge in [-0.1, -0.05) is 48.5 Å². The molecule has 2 aromatic rings. The fourth-order valence-corrected chi connectivity index (χ4v) is 9.92. The summed E-state index contributed by atoms with van der Waals surface area (Å²) in [5, 5.41) is 0. The molecule has 0 amide bonds. The predicted octanol–water partition coefficient (Wildman–Crippen LogP) is 6.67. The van der Waals surface area contributed by atoms with Gasteiger partial charge in [0.1, 0.15) is 0 Å². The highest BCUT2D eigenvalue weighted by Gasteiger charge is 2.94. The molecule has 10 atom stereocenters. The standard InChI is InChI=1S/C26H20F6O/c27-25(28,29)23-19-15-9-16(12-6-2-1-5-11(12)15)20(19)24(33-23,26(30,31)32)22-18-10-17(21(22)23)13-7-3-4-8-14(13)18/h1-8,15-22H,9-10H2/t15-,16-,17+,18+,19?,20?,21?,22?,23?,24?. The van der Waals surface area contributed by atoms with E-state index in [1.54, 1.807) is 48.5 Å². The number of benzene rings is 2. The Morgan fingerprint density at radius 1 is 0.545 bits per heavy atom. The van der Waals surface area contributed by atoms with E-state index in [-0.39, 0.29) is 0 Å². The molecule has 0 N–H and O–H groups in total. The second-order valence-corrected chi connectivity index (χ2v) is 10.9. The zero-order valence-electron chi connectivity index (χ0n) is 17.3. The minimum absolute atomic E-state index is 0.357. The molecule has 2 aliphatic heterocycles. The van der Waals surface area contributed by atoms with Crippen LogP contribution < -0.4 is 0 Å². The van der Waals surface area contributed by atoms with Gasteiger partial charge in [0.15, 0.2) is 11.2 Å². The van der Waals surface area contributed by atoms with Gasteiger partial charge in [-0.15, -0.1) is 0 Å². The SMILES string of the molecule is FC(F)(F)C12OC(C(F)(F)F)(C3C1[C@@H]1C[C@@H]3c3ccccc31)C1C2[C@H]2C[C@H]1c1ccccc12. The van der Waals surface area contributed by atoms with Crippen LogP contribution in [-0.4, -0.2) is 23.6 Å². The normalized spacial score (nSPS) is 47.6. The molecule has 2 saturated heterocycles. The van der Waals surface area contributed by atoms with E-state index >= 15 is 26.3 Å². The molecule has 2 aromatic carbocycles. The second-order valence-electron chi connectivity index (χ2n) is 10.9. The lowest BCUT2D eigenvalue weighted by Gasteiger charge is -2.52.